The molecule has 2 aromatic heterocycles. The van der Waals surface area contributed by atoms with Crippen LogP contribution in [0.3, 0.4) is 0 Å². The number of para-hydroxylation sites is 1. The third kappa shape index (κ3) is 4.20. The highest BCUT2D eigenvalue weighted by atomic mass is 32.2. The molecule has 0 saturated carbocycles. The van der Waals surface area contributed by atoms with Gasteiger partial charge in [0.25, 0.3) is 0 Å². The van der Waals surface area contributed by atoms with Crippen LogP contribution in [0, 0.1) is 0 Å². The number of thioether (sulfide) groups is 1. The maximum atomic E-state index is 12.1. The van der Waals surface area contributed by atoms with Gasteiger partial charge in [0, 0.05) is 29.8 Å². The molecule has 2 heterocycles. The van der Waals surface area contributed by atoms with Crippen molar-refractivity contribution in [3.8, 4) is 22.9 Å². The number of ether oxygens (including phenoxy) is 2. The molecular formula is C23H21N3O4S. The first-order chi connectivity index (χ1) is 15.1. The summed E-state index contributed by atoms with van der Waals surface area (Å²) in [5.74, 6) is 2.57. The Hall–Kier alpha value is -3.52. The standard InChI is InChI=1S/C23H21N3O4S/c1-4-11-26-22(18-7-5-6-8-19(18)29-3)24-25-23(26)31-14-15-12-21(27)30-20-13-16(28-2)9-10-17(15)20/h4-10,12-13H,1,11,14H2,2-3H3. The van der Waals surface area contributed by atoms with Crippen molar-refractivity contribution in [1.29, 1.82) is 0 Å². The molecule has 4 aromatic rings. The van der Waals surface area contributed by atoms with Gasteiger partial charge in [0.05, 0.1) is 19.8 Å². The minimum atomic E-state index is -0.404. The molecule has 2 aromatic carbocycles. The summed E-state index contributed by atoms with van der Waals surface area (Å²) in [5, 5.41) is 10.4. The molecule has 0 unspecified atom stereocenters. The number of allylic oxidation sites excluding steroid dienone is 1. The first-order valence-electron chi connectivity index (χ1n) is 9.55. The van der Waals surface area contributed by atoms with Crippen LogP contribution in [-0.4, -0.2) is 29.0 Å². The zero-order valence-electron chi connectivity index (χ0n) is 17.2. The smallest absolute Gasteiger partial charge is 0.336 e. The van der Waals surface area contributed by atoms with Crippen molar-refractivity contribution in [2.75, 3.05) is 14.2 Å². The van der Waals surface area contributed by atoms with Gasteiger partial charge < -0.3 is 13.9 Å². The SMILES string of the molecule is C=CCn1c(SCc2cc(=O)oc3cc(OC)ccc23)nnc1-c1ccccc1OC. The maximum absolute atomic E-state index is 12.1. The van der Waals surface area contributed by atoms with Crippen LogP contribution >= 0.6 is 11.8 Å². The average molecular weight is 436 g/mol. The Labute approximate surface area is 183 Å². The summed E-state index contributed by atoms with van der Waals surface area (Å²) in [4.78, 5) is 12.1. The van der Waals surface area contributed by atoms with Crippen molar-refractivity contribution in [1.82, 2.24) is 14.8 Å². The van der Waals surface area contributed by atoms with Crippen molar-refractivity contribution in [2.24, 2.45) is 0 Å². The van der Waals surface area contributed by atoms with Gasteiger partial charge in [-0.05, 0) is 29.8 Å². The summed E-state index contributed by atoms with van der Waals surface area (Å²) >= 11 is 1.49. The Kier molecular flexibility index (Phi) is 6.08. The molecule has 0 N–H and O–H groups in total. The van der Waals surface area contributed by atoms with Gasteiger partial charge in [0.2, 0.25) is 0 Å². The van der Waals surface area contributed by atoms with Crippen LogP contribution in [0.25, 0.3) is 22.4 Å². The normalized spacial score (nSPS) is 10.9. The van der Waals surface area contributed by atoms with Crippen LogP contribution in [0.5, 0.6) is 11.5 Å². The number of hydrogen-bond donors (Lipinski definition) is 0. The molecule has 4 rings (SSSR count). The van der Waals surface area contributed by atoms with Gasteiger partial charge in [-0.3, -0.25) is 4.57 Å². The highest BCUT2D eigenvalue weighted by Gasteiger charge is 2.17. The molecule has 0 aliphatic rings. The molecule has 0 spiro atoms. The van der Waals surface area contributed by atoms with E-state index in [2.05, 4.69) is 16.8 Å². The predicted molar refractivity (Wildman–Crippen MR) is 121 cm³/mol. The number of hydrogen-bond acceptors (Lipinski definition) is 7. The lowest BCUT2D eigenvalue weighted by atomic mass is 10.1. The number of nitrogens with zero attached hydrogens (tertiary/aromatic N) is 3. The highest BCUT2D eigenvalue weighted by Crippen LogP contribution is 2.33. The molecule has 0 aliphatic heterocycles. The van der Waals surface area contributed by atoms with Gasteiger partial charge >= 0.3 is 5.63 Å². The molecule has 0 aliphatic carbocycles. The second kappa shape index (κ2) is 9.09. The van der Waals surface area contributed by atoms with Crippen LogP contribution in [0.15, 0.2) is 75.6 Å². The van der Waals surface area contributed by atoms with E-state index >= 15 is 0 Å². The first kappa shape index (κ1) is 20.7. The van der Waals surface area contributed by atoms with Crippen LogP contribution in [-0.2, 0) is 12.3 Å². The van der Waals surface area contributed by atoms with Crippen molar-refractivity contribution in [2.45, 2.75) is 17.5 Å². The fourth-order valence-corrected chi connectivity index (χ4v) is 4.26. The summed E-state index contributed by atoms with van der Waals surface area (Å²) in [6.45, 7) is 4.40. The molecule has 0 fully saturated rings. The van der Waals surface area contributed by atoms with Gasteiger partial charge in [-0.1, -0.05) is 30.0 Å². The molecule has 158 valence electrons. The van der Waals surface area contributed by atoms with E-state index in [1.165, 1.54) is 17.8 Å². The fraction of sp³-hybridized carbons (Fsp3) is 0.174. The van der Waals surface area contributed by atoms with E-state index in [1.807, 2.05) is 41.0 Å². The summed E-state index contributed by atoms with van der Waals surface area (Å²) in [5.41, 5.74) is 1.79. The van der Waals surface area contributed by atoms with Crippen LogP contribution in [0.2, 0.25) is 0 Å². The Morgan fingerprint density at radius 1 is 1.13 bits per heavy atom. The molecule has 0 atom stereocenters. The Morgan fingerprint density at radius 2 is 1.97 bits per heavy atom. The maximum Gasteiger partial charge on any atom is 0.336 e. The third-order valence-corrected chi connectivity index (χ3v) is 5.79. The molecule has 0 radical (unpaired) electrons. The van der Waals surface area contributed by atoms with Crippen molar-refractivity contribution in [3.63, 3.8) is 0 Å². The number of fused-ring (bicyclic) bond motifs is 1. The zero-order chi connectivity index (χ0) is 21.8. The lowest BCUT2D eigenvalue weighted by Gasteiger charge is -2.11. The zero-order valence-corrected chi connectivity index (χ0v) is 18.0. The Morgan fingerprint density at radius 3 is 2.74 bits per heavy atom. The van der Waals surface area contributed by atoms with Crippen molar-refractivity contribution < 1.29 is 13.9 Å². The second-order valence-electron chi connectivity index (χ2n) is 6.65. The van der Waals surface area contributed by atoms with Crippen LogP contribution in [0.4, 0.5) is 0 Å². The van der Waals surface area contributed by atoms with E-state index in [9.17, 15) is 4.79 Å². The number of methoxy groups -OCH3 is 2. The second-order valence-corrected chi connectivity index (χ2v) is 7.59. The summed E-state index contributed by atoms with van der Waals surface area (Å²) in [7, 11) is 3.20. The summed E-state index contributed by atoms with van der Waals surface area (Å²) in [6, 6.07) is 14.6. The largest absolute Gasteiger partial charge is 0.497 e. The quantitative estimate of drug-likeness (QED) is 0.228. The monoisotopic (exact) mass is 435 g/mol. The van der Waals surface area contributed by atoms with Gasteiger partial charge in [-0.25, -0.2) is 4.79 Å². The summed E-state index contributed by atoms with van der Waals surface area (Å²) < 4.78 is 18.0. The van der Waals surface area contributed by atoms with Crippen molar-refractivity contribution in [3.05, 3.63) is 77.2 Å². The average Bonchev–Trinajstić information content (AvgIpc) is 3.19. The van der Waals surface area contributed by atoms with Crippen molar-refractivity contribution >= 4 is 22.7 Å². The highest BCUT2D eigenvalue weighted by molar-refractivity contribution is 7.98. The molecule has 0 bridgehead atoms. The first-order valence-corrected chi connectivity index (χ1v) is 10.5. The number of aromatic nitrogens is 3. The topological polar surface area (TPSA) is 79.4 Å². The summed E-state index contributed by atoms with van der Waals surface area (Å²) in [6.07, 6.45) is 1.80. The predicted octanol–water partition coefficient (Wildman–Crippen LogP) is 4.55. The van der Waals surface area contributed by atoms with Gasteiger partial charge in [-0.2, -0.15) is 0 Å². The van der Waals surface area contributed by atoms with Gasteiger partial charge in [0.15, 0.2) is 11.0 Å². The molecule has 0 amide bonds. The van der Waals surface area contributed by atoms with Crippen LogP contribution in [0.1, 0.15) is 5.56 Å². The molecular weight excluding hydrogens is 414 g/mol. The third-order valence-electron chi connectivity index (χ3n) is 4.77. The number of benzene rings is 2. The van der Waals surface area contributed by atoms with Crippen LogP contribution < -0.4 is 15.1 Å². The lowest BCUT2D eigenvalue weighted by molar-refractivity contribution is 0.414. The minimum Gasteiger partial charge on any atom is -0.497 e. The Bertz CT molecular complexity index is 1300. The minimum absolute atomic E-state index is 0.404. The fourth-order valence-electron chi connectivity index (χ4n) is 3.32. The molecule has 8 heteroatoms. The van der Waals surface area contributed by atoms with E-state index in [-0.39, 0.29) is 0 Å². The molecule has 7 nitrogen and oxygen atoms in total. The Balaban J connectivity index is 1.69. The molecule has 0 saturated heterocycles. The lowest BCUT2D eigenvalue weighted by Crippen LogP contribution is -2.03. The van der Waals surface area contributed by atoms with E-state index in [0.29, 0.717) is 29.5 Å². The molecule has 31 heavy (non-hydrogen) atoms. The van der Waals surface area contributed by atoms with E-state index in [1.54, 1.807) is 26.4 Å². The van der Waals surface area contributed by atoms with E-state index in [4.69, 9.17) is 13.9 Å². The van der Waals surface area contributed by atoms with E-state index in [0.717, 1.165) is 27.4 Å². The van der Waals surface area contributed by atoms with Gasteiger partial charge in [0.1, 0.15) is 17.1 Å². The number of rotatable bonds is 8. The van der Waals surface area contributed by atoms with Gasteiger partial charge in [-0.15, -0.1) is 16.8 Å². The van der Waals surface area contributed by atoms with E-state index < -0.39 is 5.63 Å².